The molecule has 2 heterocycles. The molecule has 1 aliphatic carbocycles. The number of aryl methyl sites for hydroxylation is 1. The smallest absolute Gasteiger partial charge is 0.214 e. The number of likely N-dealkylation sites (tertiary alicyclic amines) is 1. The van der Waals surface area contributed by atoms with E-state index in [-0.39, 0.29) is 6.04 Å². The number of nitrogens with one attached hydrogen (secondary N) is 1. The maximum Gasteiger partial charge on any atom is 0.214 e. The van der Waals surface area contributed by atoms with E-state index in [1.165, 1.54) is 62.7 Å². The maximum absolute atomic E-state index is 4.49. The molecule has 5 heteroatoms. The third kappa shape index (κ3) is 2.90. The van der Waals surface area contributed by atoms with Crippen molar-refractivity contribution in [1.82, 2.24) is 20.2 Å². The van der Waals surface area contributed by atoms with E-state index >= 15 is 0 Å². The second-order valence-electron chi connectivity index (χ2n) is 7.13. The quantitative estimate of drug-likeness (QED) is 0.937. The highest BCUT2D eigenvalue weighted by Crippen LogP contribution is 2.31. The van der Waals surface area contributed by atoms with Gasteiger partial charge in [0.05, 0.1) is 19.1 Å². The minimum absolute atomic E-state index is 0.272. The standard InChI is InChI=1S/C18H25N5/c1-14-8-10-15(11-9-14)17(22-12-4-5-13-22)18-19-20-21-23(18)16-6-2-3-7-16/h8-11,16-17H,2-7,12-13H2,1H3/p+1/t17-/m0/s1. The second kappa shape index (κ2) is 6.40. The maximum atomic E-state index is 4.49. The van der Waals surface area contributed by atoms with Crippen molar-refractivity contribution in [2.24, 2.45) is 0 Å². The van der Waals surface area contributed by atoms with E-state index in [2.05, 4.69) is 51.4 Å². The zero-order chi connectivity index (χ0) is 15.6. The first-order valence-electron chi connectivity index (χ1n) is 9.02. The Labute approximate surface area is 137 Å². The summed E-state index contributed by atoms with van der Waals surface area (Å²) in [5.74, 6) is 1.07. The Morgan fingerprint density at radius 3 is 2.43 bits per heavy atom. The van der Waals surface area contributed by atoms with E-state index < -0.39 is 0 Å². The SMILES string of the molecule is Cc1ccc([C@@H](c2nnnn2C2CCCC2)[NH+]2CCCC2)cc1. The average Bonchev–Trinajstić information content (AvgIpc) is 3.32. The van der Waals surface area contributed by atoms with Gasteiger partial charge in [0.15, 0.2) is 6.04 Å². The summed E-state index contributed by atoms with van der Waals surface area (Å²) >= 11 is 0. The van der Waals surface area contributed by atoms with Crippen LogP contribution in [0.1, 0.15) is 67.6 Å². The van der Waals surface area contributed by atoms with Crippen molar-refractivity contribution in [2.45, 2.75) is 57.5 Å². The van der Waals surface area contributed by atoms with Gasteiger partial charge >= 0.3 is 0 Å². The predicted molar refractivity (Wildman–Crippen MR) is 88.3 cm³/mol. The highest BCUT2D eigenvalue weighted by Gasteiger charge is 2.35. The summed E-state index contributed by atoms with van der Waals surface area (Å²) in [6.07, 6.45) is 7.65. The zero-order valence-electron chi connectivity index (χ0n) is 13.9. The van der Waals surface area contributed by atoms with Crippen LogP contribution in [0, 0.1) is 6.92 Å². The Morgan fingerprint density at radius 1 is 1.04 bits per heavy atom. The summed E-state index contributed by atoms with van der Waals surface area (Å²) in [5.41, 5.74) is 2.65. The molecule has 4 rings (SSSR count). The number of tetrazole rings is 1. The minimum atomic E-state index is 0.272. The number of aromatic nitrogens is 4. The van der Waals surface area contributed by atoms with E-state index in [4.69, 9.17) is 0 Å². The number of rotatable bonds is 4. The van der Waals surface area contributed by atoms with Crippen molar-refractivity contribution in [3.05, 3.63) is 41.2 Å². The third-order valence-electron chi connectivity index (χ3n) is 5.51. The number of hydrogen-bond donors (Lipinski definition) is 1. The minimum Gasteiger partial charge on any atom is -0.322 e. The Hall–Kier alpha value is -1.75. The van der Waals surface area contributed by atoms with E-state index in [1.807, 2.05) is 0 Å². The summed E-state index contributed by atoms with van der Waals surface area (Å²) < 4.78 is 2.14. The largest absolute Gasteiger partial charge is 0.322 e. The molecule has 1 saturated carbocycles. The Kier molecular flexibility index (Phi) is 4.12. The molecule has 1 N–H and O–H groups in total. The molecule has 1 saturated heterocycles. The second-order valence-corrected chi connectivity index (χ2v) is 7.13. The van der Waals surface area contributed by atoms with Crippen LogP contribution >= 0.6 is 0 Å². The van der Waals surface area contributed by atoms with Crippen molar-refractivity contribution in [2.75, 3.05) is 13.1 Å². The molecule has 5 nitrogen and oxygen atoms in total. The van der Waals surface area contributed by atoms with Crippen molar-refractivity contribution < 1.29 is 4.90 Å². The molecule has 2 aromatic rings. The molecule has 0 bridgehead atoms. The highest BCUT2D eigenvalue weighted by atomic mass is 15.6. The molecule has 122 valence electrons. The van der Waals surface area contributed by atoms with E-state index in [0.717, 1.165) is 5.82 Å². The Morgan fingerprint density at radius 2 is 1.74 bits per heavy atom. The van der Waals surface area contributed by atoms with Crippen LogP contribution in [0.5, 0.6) is 0 Å². The van der Waals surface area contributed by atoms with Crippen LogP contribution in [0.3, 0.4) is 0 Å². The molecule has 0 unspecified atom stereocenters. The van der Waals surface area contributed by atoms with Gasteiger partial charge in [-0.05, 0) is 30.2 Å². The molecule has 2 aliphatic rings. The average molecular weight is 312 g/mol. The van der Waals surface area contributed by atoms with E-state index in [9.17, 15) is 0 Å². The van der Waals surface area contributed by atoms with Gasteiger partial charge in [0.2, 0.25) is 5.82 Å². The van der Waals surface area contributed by atoms with Crippen molar-refractivity contribution in [1.29, 1.82) is 0 Å². The van der Waals surface area contributed by atoms with Crippen LogP contribution in [0.25, 0.3) is 0 Å². The van der Waals surface area contributed by atoms with Gasteiger partial charge in [-0.1, -0.05) is 42.7 Å². The van der Waals surface area contributed by atoms with Crippen LogP contribution < -0.4 is 4.90 Å². The summed E-state index contributed by atoms with van der Waals surface area (Å²) in [5, 5.41) is 12.9. The normalized spacial score (nSPS) is 21.1. The van der Waals surface area contributed by atoms with Gasteiger partial charge in [-0.3, -0.25) is 0 Å². The Bertz CT molecular complexity index is 636. The molecule has 1 atom stereocenters. The van der Waals surface area contributed by atoms with Crippen LogP contribution in [0.15, 0.2) is 24.3 Å². The van der Waals surface area contributed by atoms with Gasteiger partial charge in [0, 0.05) is 18.4 Å². The lowest BCUT2D eigenvalue weighted by Gasteiger charge is -2.25. The molecule has 1 aromatic carbocycles. The third-order valence-corrected chi connectivity index (χ3v) is 5.51. The predicted octanol–water partition coefficient (Wildman–Crippen LogP) is 1.86. The molecule has 23 heavy (non-hydrogen) atoms. The first-order valence-corrected chi connectivity index (χ1v) is 9.02. The van der Waals surface area contributed by atoms with Crippen molar-refractivity contribution >= 4 is 0 Å². The topological polar surface area (TPSA) is 48.0 Å². The summed E-state index contributed by atoms with van der Waals surface area (Å²) in [7, 11) is 0. The summed E-state index contributed by atoms with van der Waals surface area (Å²) in [6, 6.07) is 9.71. The fraction of sp³-hybridized carbons (Fsp3) is 0.611. The number of quaternary nitrogens is 1. The van der Waals surface area contributed by atoms with Crippen LogP contribution in [0.2, 0.25) is 0 Å². The lowest BCUT2D eigenvalue weighted by Crippen LogP contribution is -3.10. The lowest BCUT2D eigenvalue weighted by molar-refractivity contribution is -0.914. The van der Waals surface area contributed by atoms with Gasteiger partial charge in [-0.15, -0.1) is 5.10 Å². The first kappa shape index (κ1) is 14.8. The fourth-order valence-corrected chi connectivity index (χ4v) is 4.24. The van der Waals surface area contributed by atoms with Crippen LogP contribution in [0.4, 0.5) is 0 Å². The van der Waals surface area contributed by atoms with Gasteiger partial charge in [-0.2, -0.15) is 0 Å². The van der Waals surface area contributed by atoms with Crippen LogP contribution in [-0.4, -0.2) is 33.3 Å². The summed E-state index contributed by atoms with van der Waals surface area (Å²) in [6.45, 7) is 4.58. The first-order chi connectivity index (χ1) is 11.3. The number of benzene rings is 1. The van der Waals surface area contributed by atoms with Gasteiger partial charge in [0.25, 0.3) is 0 Å². The van der Waals surface area contributed by atoms with Crippen LogP contribution in [-0.2, 0) is 0 Å². The molecule has 0 amide bonds. The molecular weight excluding hydrogens is 286 g/mol. The zero-order valence-corrected chi connectivity index (χ0v) is 13.9. The Balaban J connectivity index is 1.73. The highest BCUT2D eigenvalue weighted by molar-refractivity contribution is 5.26. The molecule has 1 aliphatic heterocycles. The fourth-order valence-electron chi connectivity index (χ4n) is 4.24. The lowest BCUT2D eigenvalue weighted by atomic mass is 10.0. The summed E-state index contributed by atoms with van der Waals surface area (Å²) in [4.78, 5) is 1.61. The number of nitrogens with zero attached hydrogens (tertiary/aromatic N) is 4. The molecular formula is C18H26N5+. The number of hydrogen-bond acceptors (Lipinski definition) is 3. The molecule has 1 aromatic heterocycles. The van der Waals surface area contributed by atoms with Gasteiger partial charge in [-0.25, -0.2) is 4.68 Å². The monoisotopic (exact) mass is 312 g/mol. The van der Waals surface area contributed by atoms with Crippen molar-refractivity contribution in [3.8, 4) is 0 Å². The molecule has 2 fully saturated rings. The van der Waals surface area contributed by atoms with Gasteiger partial charge in [0.1, 0.15) is 0 Å². The van der Waals surface area contributed by atoms with E-state index in [0.29, 0.717) is 6.04 Å². The van der Waals surface area contributed by atoms with E-state index in [1.54, 1.807) is 4.90 Å². The molecule has 0 radical (unpaired) electrons. The van der Waals surface area contributed by atoms with Crippen molar-refractivity contribution in [3.63, 3.8) is 0 Å². The molecule has 0 spiro atoms. The van der Waals surface area contributed by atoms with Gasteiger partial charge < -0.3 is 4.90 Å².